The lowest BCUT2D eigenvalue weighted by Crippen LogP contribution is -2.45. The van der Waals surface area contributed by atoms with Crippen LogP contribution in [0.5, 0.6) is 0 Å². The molecule has 1 aromatic carbocycles. The van der Waals surface area contributed by atoms with Crippen LogP contribution in [0.2, 0.25) is 0 Å². The highest BCUT2D eigenvalue weighted by molar-refractivity contribution is 7.88. The number of rotatable bonds is 8. The maximum absolute atomic E-state index is 13.3. The Morgan fingerprint density at radius 3 is 2.50 bits per heavy atom. The van der Waals surface area contributed by atoms with Crippen molar-refractivity contribution in [3.8, 4) is 0 Å². The van der Waals surface area contributed by atoms with Crippen molar-refractivity contribution in [3.05, 3.63) is 35.9 Å². The first kappa shape index (κ1) is 21.7. The lowest BCUT2D eigenvalue weighted by Gasteiger charge is -2.30. The van der Waals surface area contributed by atoms with Gasteiger partial charge in [0.2, 0.25) is 15.9 Å². The highest BCUT2D eigenvalue weighted by atomic mass is 32.2. The van der Waals surface area contributed by atoms with E-state index >= 15 is 0 Å². The summed E-state index contributed by atoms with van der Waals surface area (Å²) in [4.78, 5) is 17.5. The Balaban J connectivity index is 1.36. The van der Waals surface area contributed by atoms with E-state index in [1.165, 1.54) is 6.26 Å². The second-order valence-electron chi connectivity index (χ2n) is 8.82. The Hall–Kier alpha value is -1.48. The molecule has 4 rings (SSSR count). The van der Waals surface area contributed by atoms with Crippen LogP contribution in [0.1, 0.15) is 31.2 Å². The van der Waals surface area contributed by atoms with Crippen molar-refractivity contribution in [1.82, 2.24) is 14.1 Å². The molecule has 1 atom stereocenters. The third kappa shape index (κ3) is 4.72. The summed E-state index contributed by atoms with van der Waals surface area (Å²) in [6.45, 7) is 5.83. The average molecular weight is 436 g/mol. The van der Waals surface area contributed by atoms with Crippen molar-refractivity contribution in [2.45, 2.75) is 37.1 Å². The summed E-state index contributed by atoms with van der Waals surface area (Å²) in [6, 6.07) is 9.88. The third-order valence-electron chi connectivity index (χ3n) is 6.73. The fourth-order valence-corrected chi connectivity index (χ4v) is 6.04. The second kappa shape index (κ2) is 8.94. The molecule has 0 aromatic heterocycles. The van der Waals surface area contributed by atoms with Crippen molar-refractivity contribution in [1.29, 1.82) is 0 Å². The van der Waals surface area contributed by atoms with Gasteiger partial charge in [-0.05, 0) is 37.8 Å². The van der Waals surface area contributed by atoms with Gasteiger partial charge in [-0.1, -0.05) is 30.3 Å². The maximum atomic E-state index is 13.3. The van der Waals surface area contributed by atoms with Crippen molar-refractivity contribution < 1.29 is 17.9 Å². The number of nitrogens with zero attached hydrogens (tertiary/aromatic N) is 3. The fourth-order valence-electron chi connectivity index (χ4n) is 4.87. The molecular formula is C22H33N3O4S. The molecule has 2 aliphatic heterocycles. The number of ether oxygens (including phenoxy) is 1. The van der Waals surface area contributed by atoms with Crippen LogP contribution >= 0.6 is 0 Å². The molecule has 3 fully saturated rings. The van der Waals surface area contributed by atoms with Crippen LogP contribution in [0.4, 0.5) is 0 Å². The summed E-state index contributed by atoms with van der Waals surface area (Å²) in [6.07, 6.45) is 4.56. The zero-order valence-electron chi connectivity index (χ0n) is 17.8. The highest BCUT2D eigenvalue weighted by Crippen LogP contribution is 2.50. The van der Waals surface area contributed by atoms with E-state index in [2.05, 4.69) is 4.90 Å². The van der Waals surface area contributed by atoms with Gasteiger partial charge in [0.25, 0.3) is 0 Å². The van der Waals surface area contributed by atoms with E-state index in [9.17, 15) is 13.2 Å². The average Bonchev–Trinajstić information content (AvgIpc) is 3.42. The Morgan fingerprint density at radius 2 is 1.87 bits per heavy atom. The molecule has 166 valence electrons. The SMILES string of the molecule is CS(=O)(=O)N(CCCN1CCOCC1)C1CCN(C(=O)C2(c3ccccc3)CC2)C1. The zero-order chi connectivity index (χ0) is 21.2. The first-order chi connectivity index (χ1) is 14.4. The van der Waals surface area contributed by atoms with Crippen LogP contribution in [-0.4, -0.2) is 93.2 Å². The minimum absolute atomic E-state index is 0.125. The van der Waals surface area contributed by atoms with Crippen LogP contribution in [-0.2, 0) is 25.0 Å². The minimum Gasteiger partial charge on any atom is -0.379 e. The maximum Gasteiger partial charge on any atom is 0.233 e. The van der Waals surface area contributed by atoms with Crippen LogP contribution in [0, 0.1) is 0 Å². The van der Waals surface area contributed by atoms with Gasteiger partial charge in [0.1, 0.15) is 0 Å². The number of hydrogen-bond acceptors (Lipinski definition) is 5. The topological polar surface area (TPSA) is 70.2 Å². The van der Waals surface area contributed by atoms with Crippen molar-refractivity contribution in [2.24, 2.45) is 0 Å². The van der Waals surface area contributed by atoms with Crippen molar-refractivity contribution >= 4 is 15.9 Å². The monoisotopic (exact) mass is 435 g/mol. The molecule has 0 radical (unpaired) electrons. The molecule has 0 spiro atoms. The van der Waals surface area contributed by atoms with Gasteiger partial charge in [-0.25, -0.2) is 8.42 Å². The molecule has 2 saturated heterocycles. The summed E-state index contributed by atoms with van der Waals surface area (Å²) < 4.78 is 32.0. The molecule has 2 heterocycles. The minimum atomic E-state index is -3.32. The normalized spacial score (nSPS) is 24.3. The van der Waals surface area contributed by atoms with Gasteiger partial charge >= 0.3 is 0 Å². The van der Waals surface area contributed by atoms with Crippen LogP contribution in [0.25, 0.3) is 0 Å². The summed E-state index contributed by atoms with van der Waals surface area (Å²) in [5.41, 5.74) is 0.700. The van der Waals surface area contributed by atoms with Gasteiger partial charge in [-0.15, -0.1) is 0 Å². The number of amides is 1. The molecular weight excluding hydrogens is 402 g/mol. The Bertz CT molecular complexity index is 835. The highest BCUT2D eigenvalue weighted by Gasteiger charge is 2.54. The molecule has 0 bridgehead atoms. The molecule has 1 unspecified atom stereocenters. The number of sulfonamides is 1. The number of hydrogen-bond donors (Lipinski definition) is 0. The molecule has 30 heavy (non-hydrogen) atoms. The van der Waals surface area contributed by atoms with Crippen LogP contribution in [0.3, 0.4) is 0 Å². The molecule has 8 heteroatoms. The molecule has 3 aliphatic rings. The molecule has 7 nitrogen and oxygen atoms in total. The van der Waals surface area contributed by atoms with Gasteiger partial charge in [-0.2, -0.15) is 4.31 Å². The molecule has 1 aliphatic carbocycles. The van der Waals surface area contributed by atoms with Gasteiger partial charge < -0.3 is 9.64 Å². The predicted octanol–water partition coefficient (Wildman–Crippen LogP) is 1.30. The molecule has 1 saturated carbocycles. The third-order valence-corrected chi connectivity index (χ3v) is 8.06. The molecule has 1 aromatic rings. The van der Waals surface area contributed by atoms with E-state index in [-0.39, 0.29) is 17.4 Å². The Morgan fingerprint density at radius 1 is 1.17 bits per heavy atom. The summed E-state index contributed by atoms with van der Waals surface area (Å²) in [7, 11) is -3.32. The van der Waals surface area contributed by atoms with Crippen LogP contribution < -0.4 is 0 Å². The first-order valence-corrected chi connectivity index (χ1v) is 12.9. The number of carbonyl (C=O) groups is 1. The van der Waals surface area contributed by atoms with Crippen molar-refractivity contribution in [3.63, 3.8) is 0 Å². The van der Waals surface area contributed by atoms with Gasteiger partial charge in [-0.3, -0.25) is 9.69 Å². The Kier molecular flexibility index (Phi) is 6.48. The van der Waals surface area contributed by atoms with Crippen LogP contribution in [0.15, 0.2) is 30.3 Å². The zero-order valence-corrected chi connectivity index (χ0v) is 18.6. The van der Waals surface area contributed by atoms with Gasteiger partial charge in [0, 0.05) is 38.8 Å². The second-order valence-corrected chi connectivity index (χ2v) is 10.8. The number of benzene rings is 1. The van der Waals surface area contributed by atoms with Gasteiger partial charge in [0.15, 0.2) is 0 Å². The van der Waals surface area contributed by atoms with Gasteiger partial charge in [0.05, 0.1) is 24.9 Å². The first-order valence-electron chi connectivity index (χ1n) is 11.0. The smallest absolute Gasteiger partial charge is 0.233 e. The lowest BCUT2D eigenvalue weighted by atomic mass is 9.94. The largest absolute Gasteiger partial charge is 0.379 e. The fraction of sp³-hybridized carbons (Fsp3) is 0.682. The number of morpholine rings is 1. The van der Waals surface area contributed by atoms with E-state index < -0.39 is 10.0 Å². The summed E-state index contributed by atoms with van der Waals surface area (Å²) in [5, 5.41) is 0. The predicted molar refractivity (Wildman–Crippen MR) is 116 cm³/mol. The van der Waals surface area contributed by atoms with E-state index in [1.807, 2.05) is 35.2 Å². The molecule has 0 N–H and O–H groups in total. The van der Waals surface area contributed by atoms with E-state index in [1.54, 1.807) is 4.31 Å². The molecule has 1 amide bonds. The van der Waals surface area contributed by atoms with E-state index in [0.29, 0.717) is 26.1 Å². The standard InChI is InChI=1S/C22H33N3O4S/c1-30(27,28)25(12-5-11-23-14-16-29-17-15-23)20-8-13-24(18-20)21(26)22(9-10-22)19-6-3-2-4-7-19/h2-4,6-7,20H,5,8-18H2,1H3. The van der Waals surface area contributed by atoms with Crippen molar-refractivity contribution in [2.75, 3.05) is 58.7 Å². The summed E-state index contributed by atoms with van der Waals surface area (Å²) >= 11 is 0. The van der Waals surface area contributed by atoms with E-state index in [4.69, 9.17) is 4.74 Å². The number of carbonyl (C=O) groups excluding carboxylic acids is 1. The summed E-state index contributed by atoms with van der Waals surface area (Å²) in [5.74, 6) is 0.165. The number of likely N-dealkylation sites (tertiary alicyclic amines) is 1. The van der Waals surface area contributed by atoms with E-state index in [0.717, 1.165) is 57.7 Å². The Labute approximate surface area is 180 Å². The lowest BCUT2D eigenvalue weighted by molar-refractivity contribution is -0.133. The quantitative estimate of drug-likeness (QED) is 0.616.